The van der Waals surface area contributed by atoms with Gasteiger partial charge in [0.15, 0.2) is 0 Å². The fourth-order valence-electron chi connectivity index (χ4n) is 2.22. The molecular weight excluding hydrogens is 244 g/mol. The molecule has 5 heteroatoms. The fourth-order valence-corrected chi connectivity index (χ4v) is 2.22. The second-order valence-electron chi connectivity index (χ2n) is 4.75. The van der Waals surface area contributed by atoms with Gasteiger partial charge in [-0.3, -0.25) is 9.59 Å². The van der Waals surface area contributed by atoms with Crippen LogP contribution in [0.5, 0.6) is 5.75 Å². The topological polar surface area (TPSA) is 58.6 Å². The third-order valence-corrected chi connectivity index (χ3v) is 3.44. The average molecular weight is 262 g/mol. The maximum atomic E-state index is 12.0. The molecule has 0 aliphatic carbocycles. The predicted molar refractivity (Wildman–Crippen MR) is 70.9 cm³/mol. The number of carbonyl (C=O) groups excluding carboxylic acids is 2. The van der Waals surface area contributed by atoms with Crippen molar-refractivity contribution in [2.24, 2.45) is 0 Å². The van der Waals surface area contributed by atoms with Gasteiger partial charge in [-0.05, 0) is 24.6 Å². The molecule has 0 aromatic heterocycles. The van der Waals surface area contributed by atoms with Crippen LogP contribution in [0, 0.1) is 0 Å². The van der Waals surface area contributed by atoms with E-state index >= 15 is 0 Å². The number of methoxy groups -OCH3 is 1. The Balaban J connectivity index is 2.12. The summed E-state index contributed by atoms with van der Waals surface area (Å²) in [6, 6.07) is 6.62. The van der Waals surface area contributed by atoms with Gasteiger partial charge in [0.05, 0.1) is 7.11 Å². The van der Waals surface area contributed by atoms with Gasteiger partial charge < -0.3 is 15.0 Å². The van der Waals surface area contributed by atoms with Crippen LogP contribution in [0.15, 0.2) is 24.3 Å². The Morgan fingerprint density at radius 3 is 2.47 bits per heavy atom. The first-order valence-electron chi connectivity index (χ1n) is 6.23. The van der Waals surface area contributed by atoms with E-state index in [0.717, 1.165) is 11.3 Å². The van der Waals surface area contributed by atoms with Crippen molar-refractivity contribution < 1.29 is 14.3 Å². The molecule has 0 unspecified atom stereocenters. The summed E-state index contributed by atoms with van der Waals surface area (Å²) in [6.45, 7) is 1.69. The van der Waals surface area contributed by atoms with E-state index in [1.807, 2.05) is 24.3 Å². The van der Waals surface area contributed by atoms with Gasteiger partial charge in [-0.2, -0.15) is 0 Å². The minimum absolute atomic E-state index is 0.0573. The van der Waals surface area contributed by atoms with Gasteiger partial charge in [-0.15, -0.1) is 0 Å². The Labute approximate surface area is 112 Å². The molecule has 1 heterocycles. The molecule has 2 rings (SSSR count). The number of carbonyl (C=O) groups is 2. The van der Waals surface area contributed by atoms with Crippen molar-refractivity contribution in [2.45, 2.75) is 25.4 Å². The van der Waals surface area contributed by atoms with Crippen molar-refractivity contribution in [3.8, 4) is 5.75 Å². The van der Waals surface area contributed by atoms with Crippen LogP contribution >= 0.6 is 0 Å². The van der Waals surface area contributed by atoms with Gasteiger partial charge in [0.2, 0.25) is 11.8 Å². The van der Waals surface area contributed by atoms with Gasteiger partial charge in [0.25, 0.3) is 0 Å². The maximum Gasteiger partial charge on any atom is 0.245 e. The van der Waals surface area contributed by atoms with Gasteiger partial charge in [-0.1, -0.05) is 12.1 Å². The van der Waals surface area contributed by atoms with Crippen molar-refractivity contribution in [1.82, 2.24) is 10.2 Å². The number of amides is 2. The number of rotatable bonds is 3. The highest BCUT2D eigenvalue weighted by molar-refractivity contribution is 5.96. The Hall–Kier alpha value is -2.04. The number of hydrogen-bond acceptors (Lipinski definition) is 3. The molecule has 1 saturated heterocycles. The molecule has 1 aliphatic rings. The molecule has 2 amide bonds. The van der Waals surface area contributed by atoms with E-state index in [0.29, 0.717) is 6.42 Å². The normalized spacial score (nSPS) is 23.2. The molecule has 1 aromatic rings. The highest BCUT2D eigenvalue weighted by atomic mass is 16.5. The van der Waals surface area contributed by atoms with Gasteiger partial charge in [0.1, 0.15) is 17.8 Å². The molecule has 1 aliphatic heterocycles. The molecule has 0 bridgehead atoms. The van der Waals surface area contributed by atoms with E-state index in [2.05, 4.69) is 5.32 Å². The number of nitrogens with one attached hydrogen (secondary N) is 1. The van der Waals surface area contributed by atoms with Gasteiger partial charge >= 0.3 is 0 Å². The van der Waals surface area contributed by atoms with Crippen molar-refractivity contribution >= 4 is 11.8 Å². The lowest BCUT2D eigenvalue weighted by atomic mass is 10.0. The molecule has 2 atom stereocenters. The molecule has 1 aromatic carbocycles. The highest BCUT2D eigenvalue weighted by Crippen LogP contribution is 2.16. The first-order valence-corrected chi connectivity index (χ1v) is 6.23. The van der Waals surface area contributed by atoms with E-state index < -0.39 is 12.1 Å². The summed E-state index contributed by atoms with van der Waals surface area (Å²) in [5, 5.41) is 2.70. The van der Waals surface area contributed by atoms with E-state index in [-0.39, 0.29) is 11.8 Å². The number of likely N-dealkylation sites (N-methyl/N-ethyl adjacent to an activating group) is 1. The van der Waals surface area contributed by atoms with Crippen LogP contribution < -0.4 is 10.1 Å². The first-order chi connectivity index (χ1) is 9.02. The largest absolute Gasteiger partial charge is 0.497 e. The summed E-state index contributed by atoms with van der Waals surface area (Å²) in [5.74, 6) is 0.610. The Kier molecular flexibility index (Phi) is 3.74. The number of ether oxygens (including phenoxy) is 1. The molecule has 102 valence electrons. The van der Waals surface area contributed by atoms with Crippen LogP contribution in [-0.4, -0.2) is 43.0 Å². The van der Waals surface area contributed by atoms with Gasteiger partial charge in [0, 0.05) is 13.5 Å². The zero-order valence-electron chi connectivity index (χ0n) is 11.3. The SMILES string of the molecule is COc1ccc(C[C@H]2C(=O)N[C@@H](C)C(=O)N2C)cc1. The average Bonchev–Trinajstić information content (AvgIpc) is 2.42. The molecule has 1 N–H and O–H groups in total. The summed E-state index contributed by atoms with van der Waals surface area (Å²) < 4.78 is 5.09. The minimum atomic E-state index is -0.447. The lowest BCUT2D eigenvalue weighted by Gasteiger charge is -2.35. The monoisotopic (exact) mass is 262 g/mol. The zero-order chi connectivity index (χ0) is 14.0. The molecule has 1 fully saturated rings. The smallest absolute Gasteiger partial charge is 0.245 e. The number of piperazine rings is 1. The standard InChI is InChI=1S/C14H18N2O3/c1-9-14(18)16(2)12(13(17)15-9)8-10-4-6-11(19-3)7-5-10/h4-7,9,12H,8H2,1-3H3,(H,15,17)/t9-,12-/m0/s1. The molecule has 5 nitrogen and oxygen atoms in total. The third kappa shape index (κ3) is 2.70. The van der Waals surface area contributed by atoms with Crippen LogP contribution in [0.4, 0.5) is 0 Å². The van der Waals surface area contributed by atoms with Crippen LogP contribution in [0.3, 0.4) is 0 Å². The lowest BCUT2D eigenvalue weighted by Crippen LogP contribution is -2.61. The zero-order valence-corrected chi connectivity index (χ0v) is 11.3. The Morgan fingerprint density at radius 1 is 1.26 bits per heavy atom. The number of benzene rings is 1. The summed E-state index contributed by atoms with van der Waals surface area (Å²) in [7, 11) is 3.28. The Bertz CT molecular complexity index is 484. The Morgan fingerprint density at radius 2 is 1.89 bits per heavy atom. The minimum Gasteiger partial charge on any atom is -0.497 e. The second-order valence-corrected chi connectivity index (χ2v) is 4.75. The molecule has 0 radical (unpaired) electrons. The number of nitrogens with zero attached hydrogens (tertiary/aromatic N) is 1. The quantitative estimate of drug-likeness (QED) is 0.867. The van der Waals surface area contributed by atoms with Crippen LogP contribution in [0.25, 0.3) is 0 Å². The van der Waals surface area contributed by atoms with E-state index in [9.17, 15) is 9.59 Å². The van der Waals surface area contributed by atoms with Crippen LogP contribution in [0.1, 0.15) is 12.5 Å². The van der Waals surface area contributed by atoms with E-state index in [1.165, 1.54) is 4.90 Å². The number of hydrogen-bond donors (Lipinski definition) is 1. The summed E-state index contributed by atoms with van der Waals surface area (Å²) in [6.07, 6.45) is 0.505. The molecule has 0 spiro atoms. The first kappa shape index (κ1) is 13.4. The van der Waals surface area contributed by atoms with Crippen molar-refractivity contribution in [1.29, 1.82) is 0 Å². The third-order valence-electron chi connectivity index (χ3n) is 3.44. The van der Waals surface area contributed by atoms with Crippen molar-refractivity contribution in [3.05, 3.63) is 29.8 Å². The second kappa shape index (κ2) is 5.30. The highest BCUT2D eigenvalue weighted by Gasteiger charge is 2.35. The summed E-state index contributed by atoms with van der Waals surface area (Å²) in [4.78, 5) is 25.3. The maximum absolute atomic E-state index is 12.0. The van der Waals surface area contributed by atoms with Crippen molar-refractivity contribution in [3.63, 3.8) is 0 Å². The predicted octanol–water partition coefficient (Wildman–Crippen LogP) is 0.583. The van der Waals surface area contributed by atoms with Crippen LogP contribution in [-0.2, 0) is 16.0 Å². The van der Waals surface area contributed by atoms with E-state index in [4.69, 9.17) is 4.74 Å². The summed E-state index contributed by atoms with van der Waals surface area (Å²) in [5.41, 5.74) is 0.996. The van der Waals surface area contributed by atoms with E-state index in [1.54, 1.807) is 21.1 Å². The summed E-state index contributed by atoms with van der Waals surface area (Å²) >= 11 is 0. The van der Waals surface area contributed by atoms with Crippen LogP contribution in [0.2, 0.25) is 0 Å². The fraction of sp³-hybridized carbons (Fsp3) is 0.429. The van der Waals surface area contributed by atoms with Crippen molar-refractivity contribution in [2.75, 3.05) is 14.2 Å². The molecular formula is C14H18N2O3. The lowest BCUT2D eigenvalue weighted by molar-refractivity contribution is -0.147. The molecule has 0 saturated carbocycles. The molecule has 19 heavy (non-hydrogen) atoms. The van der Waals surface area contributed by atoms with Gasteiger partial charge in [-0.25, -0.2) is 0 Å².